The van der Waals surface area contributed by atoms with E-state index in [9.17, 15) is 22.8 Å². The Hall–Kier alpha value is -3.37. The largest absolute Gasteiger partial charge is 0.497 e. The van der Waals surface area contributed by atoms with Gasteiger partial charge in [-0.15, -0.1) is 11.3 Å². The summed E-state index contributed by atoms with van der Waals surface area (Å²) in [4.78, 5) is 30.9. The standard InChI is InChI=1S/C23H17ClF3N3O3S/c1-12(20(31)29-18-9-14(23(25,26)27)5-8-17(18)24)30-11-28-21-19(22(30)32)16(10-34-21)13-3-6-15(33-2)7-4-13/h3-12H,1-2H3,(H,29,31). The Morgan fingerprint density at radius 2 is 1.91 bits per heavy atom. The first-order chi connectivity index (χ1) is 16.1. The van der Waals surface area contributed by atoms with Crippen molar-refractivity contribution in [2.24, 2.45) is 0 Å². The number of amides is 1. The first-order valence-corrected chi connectivity index (χ1v) is 11.2. The van der Waals surface area contributed by atoms with Crippen LogP contribution in [-0.2, 0) is 11.0 Å². The molecule has 0 aliphatic rings. The van der Waals surface area contributed by atoms with Crippen LogP contribution in [0.25, 0.3) is 21.3 Å². The van der Waals surface area contributed by atoms with E-state index < -0.39 is 29.2 Å². The second-order valence-electron chi connectivity index (χ2n) is 7.37. The number of thiophene rings is 1. The summed E-state index contributed by atoms with van der Waals surface area (Å²) in [5.41, 5.74) is -0.179. The summed E-state index contributed by atoms with van der Waals surface area (Å²) in [6.45, 7) is 1.45. The van der Waals surface area contributed by atoms with Gasteiger partial charge in [-0.25, -0.2) is 4.98 Å². The molecule has 2 aromatic carbocycles. The van der Waals surface area contributed by atoms with E-state index in [-0.39, 0.29) is 10.7 Å². The van der Waals surface area contributed by atoms with E-state index in [4.69, 9.17) is 16.3 Å². The van der Waals surface area contributed by atoms with E-state index in [1.807, 2.05) is 12.1 Å². The second kappa shape index (κ2) is 9.11. The van der Waals surface area contributed by atoms with Crippen LogP contribution in [0, 0.1) is 0 Å². The van der Waals surface area contributed by atoms with Gasteiger partial charge in [0.1, 0.15) is 16.6 Å². The van der Waals surface area contributed by atoms with Gasteiger partial charge in [-0.1, -0.05) is 23.7 Å². The third-order valence-corrected chi connectivity index (χ3v) is 6.48. The predicted molar refractivity (Wildman–Crippen MR) is 126 cm³/mol. The summed E-state index contributed by atoms with van der Waals surface area (Å²) in [6.07, 6.45) is -3.35. The van der Waals surface area contributed by atoms with Crippen molar-refractivity contribution in [2.75, 3.05) is 12.4 Å². The molecule has 0 spiro atoms. The molecule has 11 heteroatoms. The van der Waals surface area contributed by atoms with Crippen molar-refractivity contribution in [1.29, 1.82) is 0 Å². The van der Waals surface area contributed by atoms with Gasteiger partial charge in [-0.2, -0.15) is 13.2 Å². The van der Waals surface area contributed by atoms with Crippen molar-refractivity contribution in [3.05, 3.63) is 75.1 Å². The summed E-state index contributed by atoms with van der Waals surface area (Å²) < 4.78 is 45.4. The van der Waals surface area contributed by atoms with Crippen LogP contribution in [0.3, 0.4) is 0 Å². The molecule has 0 radical (unpaired) electrons. The van der Waals surface area contributed by atoms with Gasteiger partial charge in [0.05, 0.1) is 35.1 Å². The number of anilines is 1. The molecule has 2 aromatic heterocycles. The van der Waals surface area contributed by atoms with Crippen LogP contribution in [0.5, 0.6) is 5.75 Å². The fourth-order valence-corrected chi connectivity index (χ4v) is 4.44. The highest BCUT2D eigenvalue weighted by Crippen LogP contribution is 2.34. The molecule has 34 heavy (non-hydrogen) atoms. The number of rotatable bonds is 5. The molecule has 0 aliphatic heterocycles. The van der Waals surface area contributed by atoms with E-state index >= 15 is 0 Å². The summed E-state index contributed by atoms with van der Waals surface area (Å²) in [7, 11) is 1.55. The number of hydrogen-bond donors (Lipinski definition) is 1. The van der Waals surface area contributed by atoms with Crippen LogP contribution in [-0.4, -0.2) is 22.6 Å². The molecular weight excluding hydrogens is 491 g/mol. The number of alkyl halides is 3. The normalized spacial score (nSPS) is 12.5. The molecule has 0 saturated carbocycles. The maximum absolute atomic E-state index is 13.3. The molecule has 176 valence electrons. The Kier molecular flexibility index (Phi) is 6.37. The van der Waals surface area contributed by atoms with Gasteiger partial charge >= 0.3 is 6.18 Å². The zero-order chi connectivity index (χ0) is 24.6. The number of methoxy groups -OCH3 is 1. The number of nitrogens with one attached hydrogen (secondary N) is 1. The monoisotopic (exact) mass is 507 g/mol. The molecule has 1 amide bonds. The van der Waals surface area contributed by atoms with Crippen molar-refractivity contribution < 1.29 is 22.7 Å². The summed E-state index contributed by atoms with van der Waals surface area (Å²) in [5, 5.41) is 4.46. The van der Waals surface area contributed by atoms with Gasteiger partial charge in [0.25, 0.3) is 5.56 Å². The molecule has 0 bridgehead atoms. The molecule has 0 saturated heterocycles. The minimum absolute atomic E-state index is 0.0610. The first kappa shape index (κ1) is 23.8. The van der Waals surface area contributed by atoms with Gasteiger partial charge in [-0.05, 0) is 42.8 Å². The van der Waals surface area contributed by atoms with E-state index in [2.05, 4.69) is 10.3 Å². The molecular formula is C23H17ClF3N3O3S. The lowest BCUT2D eigenvalue weighted by molar-refractivity contribution is -0.137. The average molecular weight is 508 g/mol. The maximum atomic E-state index is 13.3. The quantitative estimate of drug-likeness (QED) is 0.359. The highest BCUT2D eigenvalue weighted by atomic mass is 35.5. The zero-order valence-corrected chi connectivity index (χ0v) is 19.4. The summed E-state index contributed by atoms with van der Waals surface area (Å²) in [6, 6.07) is 8.70. The van der Waals surface area contributed by atoms with Crippen molar-refractivity contribution in [1.82, 2.24) is 9.55 Å². The van der Waals surface area contributed by atoms with Gasteiger partial charge in [-0.3, -0.25) is 14.2 Å². The van der Waals surface area contributed by atoms with Crippen molar-refractivity contribution >= 4 is 44.7 Å². The lowest BCUT2D eigenvalue weighted by Gasteiger charge is -2.17. The van der Waals surface area contributed by atoms with Crippen molar-refractivity contribution in [3.63, 3.8) is 0 Å². The number of aromatic nitrogens is 2. The van der Waals surface area contributed by atoms with Crippen LogP contribution in [0.4, 0.5) is 18.9 Å². The van der Waals surface area contributed by atoms with Gasteiger partial charge < -0.3 is 10.1 Å². The minimum Gasteiger partial charge on any atom is -0.497 e. The molecule has 6 nitrogen and oxygen atoms in total. The molecule has 4 aromatic rings. The highest BCUT2D eigenvalue weighted by Gasteiger charge is 2.31. The summed E-state index contributed by atoms with van der Waals surface area (Å²) in [5.74, 6) is -0.0527. The Bertz CT molecular complexity index is 1430. The zero-order valence-electron chi connectivity index (χ0n) is 17.8. The van der Waals surface area contributed by atoms with E-state index in [1.54, 1.807) is 24.6 Å². The van der Waals surface area contributed by atoms with Crippen LogP contribution in [0.1, 0.15) is 18.5 Å². The molecule has 0 aliphatic carbocycles. The Labute approximate surface area is 200 Å². The van der Waals surface area contributed by atoms with E-state index in [0.717, 1.165) is 28.3 Å². The number of carbonyl (C=O) groups excluding carboxylic acids is 1. The summed E-state index contributed by atoms with van der Waals surface area (Å²) >= 11 is 7.27. The number of ether oxygens (including phenoxy) is 1. The number of fused-ring (bicyclic) bond motifs is 1. The predicted octanol–water partition coefficient (Wildman–Crippen LogP) is 6.01. The molecule has 1 unspecified atom stereocenters. The number of hydrogen-bond acceptors (Lipinski definition) is 5. The Balaban J connectivity index is 1.68. The van der Waals surface area contributed by atoms with Crippen molar-refractivity contribution in [2.45, 2.75) is 19.1 Å². The van der Waals surface area contributed by atoms with Gasteiger partial charge in [0.2, 0.25) is 5.91 Å². The average Bonchev–Trinajstić information content (AvgIpc) is 3.24. The maximum Gasteiger partial charge on any atom is 0.416 e. The number of nitrogens with zero attached hydrogens (tertiary/aromatic N) is 2. The fraction of sp³-hybridized carbons (Fsp3) is 0.174. The molecule has 2 heterocycles. The number of benzene rings is 2. The van der Waals surface area contributed by atoms with Crippen LogP contribution >= 0.6 is 22.9 Å². The molecule has 1 N–H and O–H groups in total. The van der Waals surface area contributed by atoms with Gasteiger partial charge in [0.15, 0.2) is 0 Å². The lowest BCUT2D eigenvalue weighted by Crippen LogP contribution is -2.31. The molecule has 1 atom stereocenters. The SMILES string of the molecule is COc1ccc(-c2csc3ncn(C(C)C(=O)Nc4cc(C(F)(F)F)ccc4Cl)c(=O)c23)cc1. The first-order valence-electron chi connectivity index (χ1n) is 9.90. The van der Waals surface area contributed by atoms with Crippen LogP contribution in [0.2, 0.25) is 5.02 Å². The number of carbonyl (C=O) groups is 1. The topological polar surface area (TPSA) is 73.2 Å². The van der Waals surface area contributed by atoms with E-state index in [0.29, 0.717) is 21.5 Å². The van der Waals surface area contributed by atoms with Crippen molar-refractivity contribution in [3.8, 4) is 16.9 Å². The minimum atomic E-state index is -4.60. The fourth-order valence-electron chi connectivity index (χ4n) is 3.37. The highest BCUT2D eigenvalue weighted by molar-refractivity contribution is 7.17. The molecule has 0 fully saturated rings. The smallest absolute Gasteiger partial charge is 0.416 e. The second-order valence-corrected chi connectivity index (χ2v) is 8.64. The van der Waals surface area contributed by atoms with Crippen LogP contribution in [0.15, 0.2) is 59.0 Å². The van der Waals surface area contributed by atoms with Crippen LogP contribution < -0.4 is 15.6 Å². The van der Waals surface area contributed by atoms with E-state index in [1.165, 1.54) is 24.6 Å². The Morgan fingerprint density at radius 3 is 2.56 bits per heavy atom. The lowest BCUT2D eigenvalue weighted by atomic mass is 10.1. The third-order valence-electron chi connectivity index (χ3n) is 5.27. The third kappa shape index (κ3) is 4.51. The number of halogens is 4. The Morgan fingerprint density at radius 1 is 1.21 bits per heavy atom. The molecule has 4 rings (SSSR count). The van der Waals surface area contributed by atoms with Gasteiger partial charge in [0, 0.05) is 10.9 Å².